The van der Waals surface area contributed by atoms with Crippen LogP contribution in [-0.2, 0) is 29.7 Å². The predicted molar refractivity (Wildman–Crippen MR) is 142 cm³/mol. The largest absolute Gasteiger partial charge is 0.490 e. The third-order valence-corrected chi connectivity index (χ3v) is 7.60. The highest BCUT2D eigenvalue weighted by atomic mass is 19.4. The van der Waals surface area contributed by atoms with Crippen molar-refractivity contribution in [3.63, 3.8) is 0 Å². The molecular weight excluding hydrogens is 529 g/mol. The number of ether oxygens (including phenoxy) is 1. The van der Waals surface area contributed by atoms with Crippen molar-refractivity contribution in [2.45, 2.75) is 51.7 Å². The minimum Gasteiger partial charge on any atom is -0.449 e. The first-order valence-corrected chi connectivity index (χ1v) is 13.1. The van der Waals surface area contributed by atoms with Gasteiger partial charge in [-0.15, -0.1) is 0 Å². The highest BCUT2D eigenvalue weighted by molar-refractivity contribution is 5.76. The molecule has 5 rings (SSSR count). The molecule has 2 aromatic heterocycles. The molecule has 0 amide bonds. The van der Waals surface area contributed by atoms with Crippen LogP contribution in [0.25, 0.3) is 11.2 Å². The number of carbonyl (C=O) groups is 1. The summed E-state index contributed by atoms with van der Waals surface area (Å²) in [5, 5.41) is 3.40. The lowest BCUT2D eigenvalue weighted by Gasteiger charge is -2.25. The second-order valence-electron chi connectivity index (χ2n) is 10.5. The normalized spacial score (nSPS) is 19.6. The quantitative estimate of drug-likeness (QED) is 0.350. The van der Waals surface area contributed by atoms with Gasteiger partial charge in [-0.1, -0.05) is 42.0 Å². The Morgan fingerprint density at radius 1 is 1.18 bits per heavy atom. The van der Waals surface area contributed by atoms with Crippen molar-refractivity contribution in [3.05, 3.63) is 68.4 Å². The van der Waals surface area contributed by atoms with Gasteiger partial charge in [0, 0.05) is 39.3 Å². The molecule has 1 N–H and O–H groups in total. The fraction of sp³-hybridized carbons (Fsp3) is 0.481. The number of allylic oxidation sites excluding steroid dienone is 2. The number of rotatable bonds is 7. The first kappa shape index (κ1) is 27.7. The minimum absolute atomic E-state index is 0.151. The Hall–Kier alpha value is -3.87. The summed E-state index contributed by atoms with van der Waals surface area (Å²) in [6.45, 7) is 6.00. The van der Waals surface area contributed by atoms with Crippen molar-refractivity contribution in [1.82, 2.24) is 24.0 Å². The Labute approximate surface area is 227 Å². The van der Waals surface area contributed by atoms with E-state index in [0.29, 0.717) is 18.4 Å². The van der Waals surface area contributed by atoms with Crippen LogP contribution in [0.2, 0.25) is 0 Å². The number of nitrogens with zero attached hydrogens (tertiary/aromatic N) is 5. The molecule has 1 aromatic carbocycles. The SMILES string of the molecule is CC(C)=CCn1c(N2CCC3CNCC32)nc2c1c(=O)n(CC(OC(=O)C(F)(F)F)c1ccccc1)c(=O)n2C. The lowest BCUT2D eigenvalue weighted by atomic mass is 10.1. The molecule has 3 unspecified atom stereocenters. The molecule has 2 aliphatic heterocycles. The van der Waals surface area contributed by atoms with Crippen LogP contribution in [0.5, 0.6) is 0 Å². The molecule has 0 bridgehead atoms. The molecule has 13 heteroatoms. The molecule has 4 heterocycles. The topological polar surface area (TPSA) is 103 Å². The maximum Gasteiger partial charge on any atom is 0.490 e. The Morgan fingerprint density at radius 2 is 1.90 bits per heavy atom. The number of fused-ring (bicyclic) bond motifs is 2. The van der Waals surface area contributed by atoms with Crippen molar-refractivity contribution in [3.8, 4) is 0 Å². The second kappa shape index (κ2) is 10.6. The van der Waals surface area contributed by atoms with Crippen LogP contribution in [0, 0.1) is 5.92 Å². The van der Waals surface area contributed by atoms with E-state index in [0.717, 1.165) is 36.2 Å². The maximum atomic E-state index is 13.9. The van der Waals surface area contributed by atoms with Gasteiger partial charge >= 0.3 is 17.8 Å². The molecule has 2 fully saturated rings. The van der Waals surface area contributed by atoms with Crippen LogP contribution in [-0.4, -0.2) is 56.5 Å². The van der Waals surface area contributed by atoms with Gasteiger partial charge in [0.05, 0.1) is 6.54 Å². The van der Waals surface area contributed by atoms with Gasteiger partial charge in [-0.3, -0.25) is 13.9 Å². The van der Waals surface area contributed by atoms with Gasteiger partial charge < -0.3 is 19.5 Å². The van der Waals surface area contributed by atoms with Crippen LogP contribution in [0.3, 0.4) is 0 Å². The molecular formula is C27H31F3N6O4. The monoisotopic (exact) mass is 560 g/mol. The number of carbonyl (C=O) groups excluding carboxylic acids is 1. The Bertz CT molecular complexity index is 1570. The van der Waals surface area contributed by atoms with Crippen LogP contribution in [0.1, 0.15) is 31.9 Å². The lowest BCUT2D eigenvalue weighted by molar-refractivity contribution is -0.206. The van der Waals surface area contributed by atoms with E-state index in [-0.39, 0.29) is 22.8 Å². The fourth-order valence-corrected chi connectivity index (χ4v) is 5.52. The first-order chi connectivity index (χ1) is 19.0. The first-order valence-electron chi connectivity index (χ1n) is 13.1. The Balaban J connectivity index is 1.65. The molecule has 0 saturated carbocycles. The van der Waals surface area contributed by atoms with Crippen molar-refractivity contribution >= 4 is 23.1 Å². The average Bonchev–Trinajstić information content (AvgIpc) is 3.62. The zero-order chi connectivity index (χ0) is 28.8. The molecule has 0 radical (unpaired) electrons. The van der Waals surface area contributed by atoms with Crippen LogP contribution in [0.4, 0.5) is 19.1 Å². The molecule has 2 aliphatic rings. The van der Waals surface area contributed by atoms with Crippen LogP contribution >= 0.6 is 0 Å². The number of benzene rings is 1. The fourth-order valence-electron chi connectivity index (χ4n) is 5.52. The molecule has 0 aliphatic carbocycles. The molecule has 3 atom stereocenters. The summed E-state index contributed by atoms with van der Waals surface area (Å²) in [7, 11) is 1.46. The highest BCUT2D eigenvalue weighted by Crippen LogP contribution is 2.33. The zero-order valence-corrected chi connectivity index (χ0v) is 22.4. The second-order valence-corrected chi connectivity index (χ2v) is 10.5. The van der Waals surface area contributed by atoms with E-state index in [1.54, 1.807) is 22.8 Å². The predicted octanol–water partition coefficient (Wildman–Crippen LogP) is 2.51. The van der Waals surface area contributed by atoms with E-state index in [1.165, 1.54) is 23.7 Å². The minimum atomic E-state index is -5.24. The molecule has 2 saturated heterocycles. The molecule has 0 spiro atoms. The average molecular weight is 561 g/mol. The van der Waals surface area contributed by atoms with Crippen molar-refractivity contribution in [1.29, 1.82) is 0 Å². The van der Waals surface area contributed by atoms with E-state index < -0.39 is 36.0 Å². The number of anilines is 1. The number of hydrogen-bond acceptors (Lipinski definition) is 7. The summed E-state index contributed by atoms with van der Waals surface area (Å²) in [6, 6.07) is 7.92. The third kappa shape index (κ3) is 5.05. The van der Waals surface area contributed by atoms with E-state index >= 15 is 0 Å². The number of halogens is 3. The summed E-state index contributed by atoms with van der Waals surface area (Å²) in [5.74, 6) is -1.39. The number of aryl methyl sites for hydroxylation is 1. The summed E-state index contributed by atoms with van der Waals surface area (Å²) in [6.07, 6.45) is -3.86. The molecule has 214 valence electrons. The lowest BCUT2D eigenvalue weighted by Crippen LogP contribution is -2.42. The van der Waals surface area contributed by atoms with Gasteiger partial charge in [-0.2, -0.15) is 18.2 Å². The number of alkyl halides is 3. The summed E-state index contributed by atoms with van der Waals surface area (Å²) in [5.41, 5.74) is 0.0667. The van der Waals surface area contributed by atoms with Gasteiger partial charge in [0.25, 0.3) is 5.56 Å². The smallest absolute Gasteiger partial charge is 0.449 e. The van der Waals surface area contributed by atoms with E-state index in [2.05, 4.69) is 10.2 Å². The Morgan fingerprint density at radius 3 is 2.58 bits per heavy atom. The van der Waals surface area contributed by atoms with Crippen molar-refractivity contribution in [2.75, 3.05) is 24.5 Å². The summed E-state index contributed by atoms with van der Waals surface area (Å²) in [4.78, 5) is 46.1. The standard InChI is InChI=1S/C27H31F3N6O4/c1-16(2)9-11-35-21-22(32-25(35)34-12-10-18-13-31-14-19(18)34)33(3)26(39)36(23(21)37)15-20(17-7-5-4-6-8-17)40-24(38)27(28,29)30/h4-9,18-20,31H,10-15H2,1-3H3. The summed E-state index contributed by atoms with van der Waals surface area (Å²) >= 11 is 0. The van der Waals surface area contributed by atoms with Crippen LogP contribution in [0.15, 0.2) is 51.6 Å². The number of hydrogen-bond donors (Lipinski definition) is 1. The highest BCUT2D eigenvalue weighted by Gasteiger charge is 2.43. The van der Waals surface area contributed by atoms with Crippen molar-refractivity contribution in [2.24, 2.45) is 13.0 Å². The number of imidazole rings is 1. The zero-order valence-electron chi connectivity index (χ0n) is 22.4. The number of aromatic nitrogens is 4. The van der Waals surface area contributed by atoms with E-state index in [4.69, 9.17) is 9.72 Å². The van der Waals surface area contributed by atoms with E-state index in [1.807, 2.05) is 19.9 Å². The van der Waals surface area contributed by atoms with Crippen LogP contribution < -0.4 is 21.5 Å². The van der Waals surface area contributed by atoms with Gasteiger partial charge in [-0.05, 0) is 31.7 Å². The van der Waals surface area contributed by atoms with Gasteiger partial charge in [0.1, 0.15) is 6.10 Å². The van der Waals surface area contributed by atoms with Crippen molar-refractivity contribution < 1.29 is 22.7 Å². The third-order valence-electron chi connectivity index (χ3n) is 7.60. The van der Waals surface area contributed by atoms with Gasteiger partial charge in [0.2, 0.25) is 5.95 Å². The summed E-state index contributed by atoms with van der Waals surface area (Å²) < 4.78 is 47.9. The molecule has 3 aromatic rings. The van der Waals surface area contributed by atoms with E-state index in [9.17, 15) is 27.6 Å². The molecule has 10 nitrogen and oxygen atoms in total. The van der Waals surface area contributed by atoms with Gasteiger partial charge in [0.15, 0.2) is 11.2 Å². The number of esters is 1. The maximum absolute atomic E-state index is 13.9. The number of nitrogens with one attached hydrogen (secondary N) is 1. The Kier molecular flexibility index (Phi) is 7.34. The van der Waals surface area contributed by atoms with Gasteiger partial charge in [-0.25, -0.2) is 9.59 Å². The molecule has 40 heavy (non-hydrogen) atoms.